The summed E-state index contributed by atoms with van der Waals surface area (Å²) in [5.41, 5.74) is 0. The number of pyridine rings is 1. The molecule has 1 aliphatic rings. The van der Waals surface area contributed by atoms with E-state index in [0.29, 0.717) is 30.2 Å². The van der Waals surface area contributed by atoms with Crippen LogP contribution in [-0.4, -0.2) is 40.1 Å². The van der Waals surface area contributed by atoms with E-state index in [4.69, 9.17) is 16.7 Å². The standard InChI is InChI=1S/C12H14ClN3O3/c13-9-3-4-14-10(6-9)15-12(19)16-5-1-2-8(7-16)11(17)18/h3-4,6,8H,1-2,5,7H2,(H,17,18)(H,14,15,19). The Labute approximate surface area is 115 Å². The zero-order chi connectivity index (χ0) is 13.8. The molecule has 19 heavy (non-hydrogen) atoms. The Morgan fingerprint density at radius 3 is 3.00 bits per heavy atom. The molecular weight excluding hydrogens is 270 g/mol. The fourth-order valence-corrected chi connectivity index (χ4v) is 2.18. The molecule has 0 aromatic carbocycles. The van der Waals surface area contributed by atoms with Crippen LogP contribution < -0.4 is 5.32 Å². The molecular formula is C12H14ClN3O3. The zero-order valence-electron chi connectivity index (χ0n) is 10.2. The first-order chi connectivity index (χ1) is 9.06. The van der Waals surface area contributed by atoms with E-state index in [-0.39, 0.29) is 12.6 Å². The summed E-state index contributed by atoms with van der Waals surface area (Å²) < 4.78 is 0. The molecule has 1 aromatic rings. The zero-order valence-corrected chi connectivity index (χ0v) is 10.9. The highest BCUT2D eigenvalue weighted by Crippen LogP contribution is 2.18. The number of nitrogens with zero attached hydrogens (tertiary/aromatic N) is 2. The fraction of sp³-hybridized carbons (Fsp3) is 0.417. The van der Waals surface area contributed by atoms with Gasteiger partial charge in [-0.1, -0.05) is 11.6 Å². The highest BCUT2D eigenvalue weighted by molar-refractivity contribution is 6.30. The number of carbonyl (C=O) groups excluding carboxylic acids is 1. The highest BCUT2D eigenvalue weighted by atomic mass is 35.5. The van der Waals surface area contributed by atoms with Gasteiger partial charge in [-0.15, -0.1) is 0 Å². The van der Waals surface area contributed by atoms with E-state index in [1.54, 1.807) is 6.07 Å². The lowest BCUT2D eigenvalue weighted by molar-refractivity contribution is -0.143. The van der Waals surface area contributed by atoms with Crippen LogP contribution >= 0.6 is 11.6 Å². The molecule has 2 N–H and O–H groups in total. The number of hydrogen-bond acceptors (Lipinski definition) is 3. The van der Waals surface area contributed by atoms with Gasteiger partial charge < -0.3 is 10.0 Å². The van der Waals surface area contributed by atoms with Crippen LogP contribution in [0.15, 0.2) is 18.3 Å². The fourth-order valence-electron chi connectivity index (χ4n) is 2.02. The first kappa shape index (κ1) is 13.6. The van der Waals surface area contributed by atoms with Gasteiger partial charge in [0.05, 0.1) is 5.92 Å². The van der Waals surface area contributed by atoms with Crippen molar-refractivity contribution in [1.82, 2.24) is 9.88 Å². The molecule has 1 atom stereocenters. The third-order valence-corrected chi connectivity index (χ3v) is 3.25. The quantitative estimate of drug-likeness (QED) is 0.870. The maximum atomic E-state index is 12.0. The second kappa shape index (κ2) is 5.88. The normalized spacial score (nSPS) is 19.0. The van der Waals surface area contributed by atoms with Crippen molar-refractivity contribution >= 4 is 29.4 Å². The number of aliphatic carboxylic acids is 1. The lowest BCUT2D eigenvalue weighted by Crippen LogP contribution is -2.44. The highest BCUT2D eigenvalue weighted by Gasteiger charge is 2.28. The number of urea groups is 1. The van der Waals surface area contributed by atoms with Gasteiger partial charge in [-0.05, 0) is 25.0 Å². The summed E-state index contributed by atoms with van der Waals surface area (Å²) in [5, 5.41) is 12.1. The number of amides is 2. The van der Waals surface area contributed by atoms with E-state index in [9.17, 15) is 9.59 Å². The summed E-state index contributed by atoms with van der Waals surface area (Å²) in [6.45, 7) is 0.776. The Balaban J connectivity index is 1.98. The molecule has 0 bridgehead atoms. The summed E-state index contributed by atoms with van der Waals surface area (Å²) in [6, 6.07) is 2.80. The minimum absolute atomic E-state index is 0.224. The lowest BCUT2D eigenvalue weighted by Gasteiger charge is -2.30. The van der Waals surface area contributed by atoms with Crippen molar-refractivity contribution in [3.8, 4) is 0 Å². The predicted octanol–water partition coefficient (Wildman–Crippen LogP) is 2.06. The van der Waals surface area contributed by atoms with Crippen molar-refractivity contribution in [3.63, 3.8) is 0 Å². The minimum Gasteiger partial charge on any atom is -0.481 e. The van der Waals surface area contributed by atoms with Gasteiger partial charge in [0.15, 0.2) is 0 Å². The molecule has 0 aliphatic carbocycles. The maximum absolute atomic E-state index is 12.0. The molecule has 7 heteroatoms. The summed E-state index contributed by atoms with van der Waals surface area (Å²) in [7, 11) is 0. The number of nitrogens with one attached hydrogen (secondary N) is 1. The van der Waals surface area contributed by atoms with Gasteiger partial charge in [-0.25, -0.2) is 9.78 Å². The molecule has 102 valence electrons. The van der Waals surface area contributed by atoms with Crippen molar-refractivity contribution in [3.05, 3.63) is 23.4 Å². The van der Waals surface area contributed by atoms with Crippen LogP contribution in [0, 0.1) is 5.92 Å². The molecule has 0 saturated carbocycles. The SMILES string of the molecule is O=C(O)C1CCCN(C(=O)Nc2cc(Cl)ccn2)C1. The number of carboxylic acid groups (broad SMARTS) is 1. The minimum atomic E-state index is -0.863. The Morgan fingerprint density at radius 1 is 1.53 bits per heavy atom. The number of halogens is 1. The molecule has 2 heterocycles. The van der Waals surface area contributed by atoms with E-state index in [1.165, 1.54) is 17.2 Å². The smallest absolute Gasteiger partial charge is 0.323 e. The first-order valence-corrected chi connectivity index (χ1v) is 6.34. The maximum Gasteiger partial charge on any atom is 0.323 e. The molecule has 1 unspecified atom stereocenters. The second-order valence-corrected chi connectivity index (χ2v) is 4.85. The average molecular weight is 284 g/mol. The average Bonchev–Trinajstić information content (AvgIpc) is 2.39. The van der Waals surface area contributed by atoms with Crippen molar-refractivity contribution < 1.29 is 14.7 Å². The number of rotatable bonds is 2. The van der Waals surface area contributed by atoms with Gasteiger partial charge in [0, 0.05) is 24.3 Å². The molecule has 0 radical (unpaired) electrons. The second-order valence-electron chi connectivity index (χ2n) is 4.41. The van der Waals surface area contributed by atoms with Crippen molar-refractivity contribution in [2.24, 2.45) is 5.92 Å². The van der Waals surface area contributed by atoms with Crippen molar-refractivity contribution in [1.29, 1.82) is 0 Å². The Hall–Kier alpha value is -1.82. The van der Waals surface area contributed by atoms with E-state index >= 15 is 0 Å². The van der Waals surface area contributed by atoms with Crippen molar-refractivity contribution in [2.45, 2.75) is 12.8 Å². The molecule has 1 aromatic heterocycles. The van der Waals surface area contributed by atoms with Gasteiger partial charge >= 0.3 is 12.0 Å². The van der Waals surface area contributed by atoms with E-state index in [2.05, 4.69) is 10.3 Å². The summed E-state index contributed by atoms with van der Waals surface area (Å²) >= 11 is 5.80. The molecule has 1 fully saturated rings. The number of likely N-dealkylation sites (tertiary alicyclic amines) is 1. The van der Waals surface area contributed by atoms with Crippen LogP contribution in [0.1, 0.15) is 12.8 Å². The van der Waals surface area contributed by atoms with E-state index in [0.717, 1.165) is 0 Å². The molecule has 2 amide bonds. The summed E-state index contributed by atoms with van der Waals surface area (Å²) in [4.78, 5) is 28.4. The third-order valence-electron chi connectivity index (χ3n) is 3.01. The van der Waals surface area contributed by atoms with Crippen molar-refractivity contribution in [2.75, 3.05) is 18.4 Å². The first-order valence-electron chi connectivity index (χ1n) is 5.96. The summed E-state index contributed by atoms with van der Waals surface area (Å²) in [5.74, 6) is -1.000. The van der Waals surface area contributed by atoms with Crippen LogP contribution in [0.4, 0.5) is 10.6 Å². The number of anilines is 1. The van der Waals surface area contributed by atoms with Gasteiger partial charge in [0.25, 0.3) is 0 Å². The van der Waals surface area contributed by atoms with E-state index in [1.807, 2.05) is 0 Å². The van der Waals surface area contributed by atoms with Crippen LogP contribution in [-0.2, 0) is 4.79 Å². The van der Waals surface area contributed by atoms with Crippen LogP contribution in [0.3, 0.4) is 0 Å². The molecule has 0 spiro atoms. The summed E-state index contributed by atoms with van der Waals surface area (Å²) in [6.07, 6.45) is 2.79. The Morgan fingerprint density at radius 2 is 2.32 bits per heavy atom. The third kappa shape index (κ3) is 3.57. The van der Waals surface area contributed by atoms with Gasteiger partial charge in [-0.2, -0.15) is 0 Å². The monoisotopic (exact) mass is 283 g/mol. The number of carbonyl (C=O) groups is 2. The Bertz CT molecular complexity index is 495. The number of piperidine rings is 1. The van der Waals surface area contributed by atoms with Gasteiger partial charge in [-0.3, -0.25) is 10.1 Å². The lowest BCUT2D eigenvalue weighted by atomic mass is 9.99. The molecule has 6 nitrogen and oxygen atoms in total. The number of aromatic nitrogens is 1. The number of hydrogen-bond donors (Lipinski definition) is 2. The van der Waals surface area contributed by atoms with E-state index < -0.39 is 11.9 Å². The van der Waals surface area contributed by atoms with Crippen LogP contribution in [0.25, 0.3) is 0 Å². The molecule has 2 rings (SSSR count). The largest absolute Gasteiger partial charge is 0.481 e. The predicted molar refractivity (Wildman–Crippen MR) is 70.2 cm³/mol. The molecule has 1 saturated heterocycles. The van der Waals surface area contributed by atoms with Crippen LogP contribution in [0.2, 0.25) is 5.02 Å². The topological polar surface area (TPSA) is 82.5 Å². The Kier molecular flexibility index (Phi) is 4.21. The van der Waals surface area contributed by atoms with Crippen LogP contribution in [0.5, 0.6) is 0 Å². The number of carboxylic acids is 1. The van der Waals surface area contributed by atoms with Gasteiger partial charge in [0.2, 0.25) is 0 Å². The van der Waals surface area contributed by atoms with Gasteiger partial charge in [0.1, 0.15) is 5.82 Å². The molecule has 1 aliphatic heterocycles.